The number of hydrogen-bond donors (Lipinski definition) is 0. The maximum Gasteiger partial charge on any atom is 0.129 e. The van der Waals surface area contributed by atoms with E-state index in [-0.39, 0.29) is 6.10 Å². The molecule has 1 aliphatic heterocycles. The molecule has 6 nitrogen and oxygen atoms in total. The van der Waals surface area contributed by atoms with Gasteiger partial charge in [0.1, 0.15) is 11.9 Å². The Morgan fingerprint density at radius 1 is 1.17 bits per heavy atom. The second kappa shape index (κ2) is 6.28. The van der Waals surface area contributed by atoms with Crippen LogP contribution in [0.5, 0.6) is 5.75 Å². The molecule has 126 valence electrons. The molecule has 1 aliphatic rings. The molecule has 6 heteroatoms. The Bertz CT molecular complexity index is 829. The van der Waals surface area contributed by atoms with Gasteiger partial charge in [0.25, 0.3) is 0 Å². The van der Waals surface area contributed by atoms with Gasteiger partial charge in [0.05, 0.1) is 17.4 Å². The summed E-state index contributed by atoms with van der Waals surface area (Å²) in [5.74, 6) is 1.00. The summed E-state index contributed by atoms with van der Waals surface area (Å²) in [5.41, 5.74) is 2.37. The average Bonchev–Trinajstić information content (AvgIpc) is 3.17. The smallest absolute Gasteiger partial charge is 0.129 e. The molecule has 1 fully saturated rings. The van der Waals surface area contributed by atoms with Crippen LogP contribution in [0.4, 0.5) is 0 Å². The molecule has 24 heavy (non-hydrogen) atoms. The fraction of sp³-hybridized carbons (Fsp3) is 0.444. The summed E-state index contributed by atoms with van der Waals surface area (Å²) >= 11 is 0. The highest BCUT2D eigenvalue weighted by molar-refractivity contribution is 5.86. The van der Waals surface area contributed by atoms with E-state index < -0.39 is 0 Å². The molecule has 0 N–H and O–H groups in total. The second-order valence-electron chi connectivity index (χ2n) is 6.56. The Labute approximate surface area is 141 Å². The number of aromatic nitrogens is 4. The number of hydrogen-bond acceptors (Lipinski definition) is 4. The number of rotatable bonds is 4. The summed E-state index contributed by atoms with van der Waals surface area (Å²) in [6.07, 6.45) is 6.32. The number of fused-ring (bicyclic) bond motifs is 1. The molecule has 3 heterocycles. The number of benzene rings is 1. The molecular weight excluding hydrogens is 302 g/mol. The third-order valence-corrected chi connectivity index (χ3v) is 4.91. The van der Waals surface area contributed by atoms with E-state index in [0.717, 1.165) is 43.9 Å². The third-order valence-electron chi connectivity index (χ3n) is 4.91. The lowest BCUT2D eigenvalue weighted by molar-refractivity contribution is 0.0966. The lowest BCUT2D eigenvalue weighted by atomic mass is 10.1. The van der Waals surface area contributed by atoms with Crippen LogP contribution in [-0.2, 0) is 20.6 Å². The molecule has 0 unspecified atom stereocenters. The number of ether oxygens (including phenoxy) is 1. The highest BCUT2D eigenvalue weighted by Gasteiger charge is 2.22. The monoisotopic (exact) mass is 325 g/mol. The van der Waals surface area contributed by atoms with Gasteiger partial charge in [-0.1, -0.05) is 11.3 Å². The first-order chi connectivity index (χ1) is 11.7. The van der Waals surface area contributed by atoms with Gasteiger partial charge in [-0.15, -0.1) is 5.10 Å². The standard InChI is InChI=1S/C18H23N5O/c1-21-9-8-16-17(21)4-3-5-18(16)24-15-6-10-23(11-7-15)13-14-12-19-20-22(14)2/h3-5,8-9,12,15H,6-7,10-11,13H2,1-2H3. The Morgan fingerprint density at radius 3 is 2.75 bits per heavy atom. The maximum atomic E-state index is 6.32. The van der Waals surface area contributed by atoms with Crippen LogP contribution >= 0.6 is 0 Å². The summed E-state index contributed by atoms with van der Waals surface area (Å²) in [6.45, 7) is 2.99. The number of aryl methyl sites for hydroxylation is 2. The second-order valence-corrected chi connectivity index (χ2v) is 6.56. The molecule has 0 bridgehead atoms. The first-order valence-electron chi connectivity index (χ1n) is 8.47. The van der Waals surface area contributed by atoms with Crippen molar-refractivity contribution in [2.45, 2.75) is 25.5 Å². The van der Waals surface area contributed by atoms with Crippen LogP contribution in [0.15, 0.2) is 36.7 Å². The van der Waals surface area contributed by atoms with Crippen molar-refractivity contribution in [3.8, 4) is 5.75 Å². The van der Waals surface area contributed by atoms with Crippen LogP contribution in [0.25, 0.3) is 10.9 Å². The highest BCUT2D eigenvalue weighted by atomic mass is 16.5. The SMILES string of the molecule is Cn1nncc1CN1CCC(Oc2cccc3c2ccn3C)CC1. The van der Waals surface area contributed by atoms with E-state index in [4.69, 9.17) is 4.74 Å². The van der Waals surface area contributed by atoms with E-state index in [1.165, 1.54) is 10.9 Å². The van der Waals surface area contributed by atoms with Crippen molar-refractivity contribution in [1.29, 1.82) is 0 Å². The van der Waals surface area contributed by atoms with Crippen molar-refractivity contribution >= 4 is 10.9 Å². The molecule has 0 saturated carbocycles. The molecule has 1 saturated heterocycles. The fourth-order valence-electron chi connectivity index (χ4n) is 3.42. The molecule has 0 aliphatic carbocycles. The van der Waals surface area contributed by atoms with Crippen molar-refractivity contribution in [2.75, 3.05) is 13.1 Å². The maximum absolute atomic E-state index is 6.32. The van der Waals surface area contributed by atoms with Gasteiger partial charge < -0.3 is 9.30 Å². The molecule has 3 aromatic rings. The Balaban J connectivity index is 1.38. The molecule has 0 atom stereocenters. The topological polar surface area (TPSA) is 48.1 Å². The van der Waals surface area contributed by atoms with Gasteiger partial charge in [0.2, 0.25) is 0 Å². The van der Waals surface area contributed by atoms with Gasteiger partial charge in [0.15, 0.2) is 0 Å². The van der Waals surface area contributed by atoms with E-state index in [9.17, 15) is 0 Å². The van der Waals surface area contributed by atoms with Crippen LogP contribution in [0.3, 0.4) is 0 Å². The molecule has 0 spiro atoms. The van der Waals surface area contributed by atoms with Crippen LogP contribution in [0.1, 0.15) is 18.5 Å². The lowest BCUT2D eigenvalue weighted by Crippen LogP contribution is -2.38. The van der Waals surface area contributed by atoms with E-state index in [2.05, 4.69) is 57.3 Å². The van der Waals surface area contributed by atoms with Crippen LogP contribution in [0, 0.1) is 0 Å². The van der Waals surface area contributed by atoms with Crippen LogP contribution in [0.2, 0.25) is 0 Å². The van der Waals surface area contributed by atoms with E-state index in [0.29, 0.717) is 0 Å². The first-order valence-corrected chi connectivity index (χ1v) is 8.47. The summed E-state index contributed by atoms with van der Waals surface area (Å²) in [7, 11) is 4.01. The fourth-order valence-corrected chi connectivity index (χ4v) is 3.42. The van der Waals surface area contributed by atoms with Gasteiger partial charge in [-0.05, 0) is 31.0 Å². The molecular formula is C18H23N5O. The normalized spacial score (nSPS) is 16.8. The quantitative estimate of drug-likeness (QED) is 0.739. The predicted molar refractivity (Wildman–Crippen MR) is 92.8 cm³/mol. The molecule has 4 rings (SSSR count). The van der Waals surface area contributed by atoms with Gasteiger partial charge >= 0.3 is 0 Å². The van der Waals surface area contributed by atoms with Crippen molar-refractivity contribution in [3.05, 3.63) is 42.4 Å². The van der Waals surface area contributed by atoms with Crippen LogP contribution < -0.4 is 4.74 Å². The van der Waals surface area contributed by atoms with Crippen molar-refractivity contribution in [2.24, 2.45) is 14.1 Å². The highest BCUT2D eigenvalue weighted by Crippen LogP contribution is 2.28. The van der Waals surface area contributed by atoms with Gasteiger partial charge in [0, 0.05) is 45.3 Å². The summed E-state index contributed by atoms with van der Waals surface area (Å²) < 4.78 is 10.3. The molecule has 1 aromatic carbocycles. The molecule has 0 radical (unpaired) electrons. The van der Waals surface area contributed by atoms with Gasteiger partial charge in [-0.2, -0.15) is 0 Å². The third kappa shape index (κ3) is 2.89. The summed E-state index contributed by atoms with van der Waals surface area (Å²) in [4.78, 5) is 2.45. The summed E-state index contributed by atoms with van der Waals surface area (Å²) in [6, 6.07) is 8.42. The Hall–Kier alpha value is -2.34. The Morgan fingerprint density at radius 2 is 2.00 bits per heavy atom. The molecule has 2 aromatic heterocycles. The van der Waals surface area contributed by atoms with Crippen molar-refractivity contribution in [1.82, 2.24) is 24.5 Å². The summed E-state index contributed by atoms with van der Waals surface area (Å²) in [5, 5.41) is 9.14. The zero-order chi connectivity index (χ0) is 16.5. The predicted octanol–water partition coefficient (Wildman–Crippen LogP) is 2.35. The van der Waals surface area contributed by atoms with E-state index in [1.54, 1.807) is 0 Å². The minimum atomic E-state index is 0.289. The zero-order valence-electron chi connectivity index (χ0n) is 14.2. The first kappa shape index (κ1) is 15.2. The minimum absolute atomic E-state index is 0.289. The number of likely N-dealkylation sites (tertiary alicyclic amines) is 1. The lowest BCUT2D eigenvalue weighted by Gasteiger charge is -2.32. The van der Waals surface area contributed by atoms with E-state index >= 15 is 0 Å². The van der Waals surface area contributed by atoms with Crippen molar-refractivity contribution in [3.63, 3.8) is 0 Å². The van der Waals surface area contributed by atoms with Crippen LogP contribution in [-0.4, -0.2) is 43.7 Å². The number of nitrogens with zero attached hydrogens (tertiary/aromatic N) is 5. The van der Waals surface area contributed by atoms with E-state index in [1.807, 2.05) is 17.9 Å². The largest absolute Gasteiger partial charge is 0.490 e. The molecule has 0 amide bonds. The minimum Gasteiger partial charge on any atom is -0.490 e. The van der Waals surface area contributed by atoms with Crippen molar-refractivity contribution < 1.29 is 4.74 Å². The van der Waals surface area contributed by atoms with Gasteiger partial charge in [-0.3, -0.25) is 9.58 Å². The zero-order valence-corrected chi connectivity index (χ0v) is 14.2. The average molecular weight is 325 g/mol. The number of piperidine rings is 1. The van der Waals surface area contributed by atoms with Gasteiger partial charge in [-0.25, -0.2) is 0 Å². The Kier molecular flexibility index (Phi) is 3.98.